The van der Waals surface area contributed by atoms with E-state index < -0.39 is 0 Å². The number of hydrogen-bond donors (Lipinski definition) is 3. The fourth-order valence-corrected chi connectivity index (χ4v) is 1.98. The molecule has 0 heterocycles. The van der Waals surface area contributed by atoms with Crippen LogP contribution in [0.3, 0.4) is 0 Å². The number of carbonyl (C=O) groups is 1. The molecule has 0 aliphatic heterocycles. The molecule has 0 saturated heterocycles. The van der Waals surface area contributed by atoms with E-state index in [0.29, 0.717) is 11.7 Å². The number of thiocarbonyl (C=S) groups is 1. The van der Waals surface area contributed by atoms with Gasteiger partial charge in [-0.1, -0.05) is 22.0 Å². The first-order valence-corrected chi connectivity index (χ1v) is 6.91. The van der Waals surface area contributed by atoms with Gasteiger partial charge in [-0.15, -0.1) is 6.58 Å². The highest BCUT2D eigenvalue weighted by Gasteiger charge is 2.05. The summed E-state index contributed by atoms with van der Waals surface area (Å²) in [7, 11) is 0. The number of halogens is 1. The molecule has 1 aromatic carbocycles. The number of carbonyl (C=O) groups excluding carboxylic acids is 1. The Hall–Kier alpha value is -1.40. The highest BCUT2D eigenvalue weighted by Crippen LogP contribution is 2.19. The molecule has 0 aliphatic rings. The lowest BCUT2D eigenvalue weighted by Crippen LogP contribution is -2.39. The van der Waals surface area contributed by atoms with Crippen molar-refractivity contribution < 1.29 is 4.79 Å². The van der Waals surface area contributed by atoms with Crippen LogP contribution < -0.4 is 16.0 Å². The number of benzene rings is 1. The summed E-state index contributed by atoms with van der Waals surface area (Å²) in [5.41, 5.74) is 1.79. The van der Waals surface area contributed by atoms with E-state index >= 15 is 0 Å². The van der Waals surface area contributed by atoms with E-state index in [2.05, 4.69) is 38.5 Å². The van der Waals surface area contributed by atoms with Gasteiger partial charge in [-0.2, -0.15) is 0 Å². The first kappa shape index (κ1) is 15.7. The average Bonchev–Trinajstić information content (AvgIpc) is 2.37. The van der Waals surface area contributed by atoms with Gasteiger partial charge in [-0.05, 0) is 42.9 Å². The molecule has 6 heteroatoms. The van der Waals surface area contributed by atoms with Crippen LogP contribution in [0.5, 0.6) is 0 Å². The molecule has 4 nitrogen and oxygen atoms in total. The Balaban J connectivity index is 2.43. The van der Waals surface area contributed by atoms with E-state index in [4.69, 9.17) is 12.2 Å². The van der Waals surface area contributed by atoms with Gasteiger partial charge in [-0.25, -0.2) is 0 Å². The molecule has 1 rings (SSSR count). The molecule has 19 heavy (non-hydrogen) atoms. The number of aryl methyl sites for hydroxylation is 1. The Kier molecular flexibility index (Phi) is 6.52. The molecule has 3 N–H and O–H groups in total. The second-order valence-electron chi connectivity index (χ2n) is 3.86. The van der Waals surface area contributed by atoms with Crippen LogP contribution >= 0.6 is 28.1 Å². The minimum Gasteiger partial charge on any atom is -0.359 e. The monoisotopic (exact) mass is 341 g/mol. The summed E-state index contributed by atoms with van der Waals surface area (Å²) < 4.78 is 0.982. The summed E-state index contributed by atoms with van der Waals surface area (Å²) in [6, 6.07) is 5.68. The van der Waals surface area contributed by atoms with Crippen LogP contribution in [0, 0.1) is 6.92 Å². The topological polar surface area (TPSA) is 53.2 Å². The molecule has 1 amide bonds. The quantitative estimate of drug-likeness (QED) is 0.568. The molecule has 0 atom stereocenters. The van der Waals surface area contributed by atoms with Gasteiger partial charge in [0.2, 0.25) is 5.91 Å². The van der Waals surface area contributed by atoms with Crippen LogP contribution in [0.1, 0.15) is 5.56 Å². The molecule has 102 valence electrons. The second-order valence-corrected chi connectivity index (χ2v) is 5.18. The number of amides is 1. The Morgan fingerprint density at radius 1 is 1.47 bits per heavy atom. The Morgan fingerprint density at radius 3 is 2.84 bits per heavy atom. The third kappa shape index (κ3) is 5.85. The normalized spacial score (nSPS) is 9.58. The second kappa shape index (κ2) is 7.91. The van der Waals surface area contributed by atoms with Crippen LogP contribution in [0.15, 0.2) is 35.3 Å². The van der Waals surface area contributed by atoms with Crippen molar-refractivity contribution in [2.75, 3.05) is 18.4 Å². The predicted octanol–water partition coefficient (Wildman–Crippen LogP) is 2.35. The minimum atomic E-state index is -0.145. The maximum Gasteiger partial charge on any atom is 0.243 e. The van der Waals surface area contributed by atoms with Gasteiger partial charge in [0.05, 0.1) is 6.54 Å². The van der Waals surface area contributed by atoms with Crippen molar-refractivity contribution in [3.8, 4) is 0 Å². The fourth-order valence-electron chi connectivity index (χ4n) is 1.35. The van der Waals surface area contributed by atoms with Gasteiger partial charge >= 0.3 is 0 Å². The maximum atomic E-state index is 11.7. The first-order valence-electron chi connectivity index (χ1n) is 5.71. The molecular weight excluding hydrogens is 326 g/mol. The van der Waals surface area contributed by atoms with E-state index in [1.807, 2.05) is 25.1 Å². The summed E-state index contributed by atoms with van der Waals surface area (Å²) in [6.45, 7) is 6.19. The van der Waals surface area contributed by atoms with Crippen molar-refractivity contribution in [3.05, 3.63) is 40.9 Å². The van der Waals surface area contributed by atoms with Gasteiger partial charge in [0.25, 0.3) is 0 Å². The third-order valence-corrected chi connectivity index (χ3v) is 3.06. The highest BCUT2D eigenvalue weighted by atomic mass is 79.9. The number of hydrogen-bond acceptors (Lipinski definition) is 2. The summed E-state index contributed by atoms with van der Waals surface area (Å²) in [5, 5.41) is 8.96. The van der Waals surface area contributed by atoms with Crippen LogP contribution in [-0.2, 0) is 4.79 Å². The van der Waals surface area contributed by atoms with Gasteiger partial charge < -0.3 is 16.0 Å². The lowest BCUT2D eigenvalue weighted by Gasteiger charge is -2.11. The lowest BCUT2D eigenvalue weighted by molar-refractivity contribution is -0.115. The summed E-state index contributed by atoms with van der Waals surface area (Å²) in [6.07, 6.45) is 1.69. The minimum absolute atomic E-state index is 0.123. The summed E-state index contributed by atoms with van der Waals surface area (Å²) in [5.74, 6) is -0.145. The predicted molar refractivity (Wildman–Crippen MR) is 86.3 cm³/mol. The van der Waals surface area contributed by atoms with Crippen molar-refractivity contribution in [3.63, 3.8) is 0 Å². The Morgan fingerprint density at radius 2 is 2.21 bits per heavy atom. The third-order valence-electron chi connectivity index (χ3n) is 2.28. The van der Waals surface area contributed by atoms with Crippen molar-refractivity contribution in [2.45, 2.75) is 6.92 Å². The Labute approximate surface area is 126 Å². The van der Waals surface area contributed by atoms with Crippen molar-refractivity contribution in [1.29, 1.82) is 0 Å². The zero-order valence-electron chi connectivity index (χ0n) is 10.6. The first-order chi connectivity index (χ1) is 9.02. The molecule has 0 aliphatic carbocycles. The van der Waals surface area contributed by atoms with Crippen LogP contribution in [0.25, 0.3) is 0 Å². The average molecular weight is 342 g/mol. The molecule has 0 fully saturated rings. The SMILES string of the molecule is C=CCNC(=S)NCC(=O)Nc1ccc(Br)cc1C. The van der Waals surface area contributed by atoms with E-state index in [-0.39, 0.29) is 12.5 Å². The van der Waals surface area contributed by atoms with Gasteiger partial charge in [-0.3, -0.25) is 4.79 Å². The van der Waals surface area contributed by atoms with E-state index in [0.717, 1.165) is 15.7 Å². The maximum absolute atomic E-state index is 11.7. The molecule has 0 bridgehead atoms. The van der Waals surface area contributed by atoms with E-state index in [1.54, 1.807) is 6.08 Å². The molecular formula is C13H16BrN3OS. The standard InChI is InChI=1S/C13H16BrN3OS/c1-3-6-15-13(19)16-8-12(18)17-11-5-4-10(14)7-9(11)2/h3-5,7H,1,6,8H2,2H3,(H,17,18)(H2,15,16,19). The molecule has 0 saturated carbocycles. The summed E-state index contributed by atoms with van der Waals surface area (Å²) >= 11 is 8.37. The van der Waals surface area contributed by atoms with Crippen LogP contribution in [-0.4, -0.2) is 24.1 Å². The smallest absolute Gasteiger partial charge is 0.243 e. The number of nitrogens with one attached hydrogen (secondary N) is 3. The fraction of sp³-hybridized carbons (Fsp3) is 0.231. The van der Waals surface area contributed by atoms with Crippen molar-refractivity contribution >= 4 is 44.9 Å². The molecule has 0 aromatic heterocycles. The molecule has 1 aromatic rings. The van der Waals surface area contributed by atoms with Crippen molar-refractivity contribution in [2.24, 2.45) is 0 Å². The molecule has 0 spiro atoms. The summed E-state index contributed by atoms with van der Waals surface area (Å²) in [4.78, 5) is 11.7. The largest absolute Gasteiger partial charge is 0.359 e. The van der Waals surface area contributed by atoms with Gasteiger partial charge in [0.15, 0.2) is 5.11 Å². The zero-order valence-corrected chi connectivity index (χ0v) is 13.0. The zero-order chi connectivity index (χ0) is 14.3. The van der Waals surface area contributed by atoms with Crippen LogP contribution in [0.4, 0.5) is 5.69 Å². The van der Waals surface area contributed by atoms with Crippen molar-refractivity contribution in [1.82, 2.24) is 10.6 Å². The van der Waals surface area contributed by atoms with Gasteiger partial charge in [0, 0.05) is 16.7 Å². The lowest BCUT2D eigenvalue weighted by atomic mass is 10.2. The van der Waals surface area contributed by atoms with E-state index in [1.165, 1.54) is 0 Å². The number of rotatable bonds is 5. The van der Waals surface area contributed by atoms with E-state index in [9.17, 15) is 4.79 Å². The van der Waals surface area contributed by atoms with Gasteiger partial charge in [0.1, 0.15) is 0 Å². The van der Waals surface area contributed by atoms with Crippen LogP contribution in [0.2, 0.25) is 0 Å². The Bertz CT molecular complexity index is 491. The highest BCUT2D eigenvalue weighted by molar-refractivity contribution is 9.10. The molecule has 0 radical (unpaired) electrons. The molecule has 0 unspecified atom stereocenters. The number of anilines is 1.